The molecule has 1 heterocycles. The predicted molar refractivity (Wildman–Crippen MR) is 60.3 cm³/mol. The van der Waals surface area contributed by atoms with Gasteiger partial charge in [0.2, 0.25) is 10.6 Å². The molecule has 1 aliphatic rings. The summed E-state index contributed by atoms with van der Waals surface area (Å²) < 4.78 is 13.4. The number of rotatable bonds is 1. The van der Waals surface area contributed by atoms with Crippen LogP contribution in [0.25, 0.3) is 0 Å². The van der Waals surface area contributed by atoms with Crippen LogP contribution in [-0.2, 0) is 0 Å². The Labute approximate surface area is 95.8 Å². The lowest BCUT2D eigenvalue weighted by Crippen LogP contribution is -2.31. The normalized spacial score (nSPS) is 16.1. The molecule has 1 aromatic carbocycles. The molecule has 0 N–H and O–H groups in total. The van der Waals surface area contributed by atoms with Crippen LogP contribution < -0.4 is 4.90 Å². The van der Waals surface area contributed by atoms with Gasteiger partial charge in [-0.2, -0.15) is 4.99 Å². The zero-order valence-corrected chi connectivity index (χ0v) is 9.00. The quantitative estimate of drug-likeness (QED) is 0.700. The summed E-state index contributed by atoms with van der Waals surface area (Å²) in [6.45, 7) is 0.169. The molecule has 1 aromatic rings. The summed E-state index contributed by atoms with van der Waals surface area (Å²) in [6, 6.07) is 6.26. The van der Waals surface area contributed by atoms with Crippen LogP contribution in [0.15, 0.2) is 34.3 Å². The summed E-state index contributed by atoms with van der Waals surface area (Å²) >= 11 is 11.4. The summed E-state index contributed by atoms with van der Waals surface area (Å²) in [4.78, 5) is 9.02. The molecule has 0 aromatic heterocycles. The zero-order valence-electron chi connectivity index (χ0n) is 7.49. The van der Waals surface area contributed by atoms with Crippen molar-refractivity contribution in [1.82, 2.24) is 0 Å². The lowest BCUT2D eigenvalue weighted by molar-refractivity contribution is 0.626. The Morgan fingerprint density at radius 3 is 2.67 bits per heavy atom. The molecular formula is C9H6Cl2FN3. The van der Waals surface area contributed by atoms with E-state index in [1.807, 2.05) is 0 Å². The number of hydrogen-bond acceptors (Lipinski definition) is 3. The van der Waals surface area contributed by atoms with E-state index in [-0.39, 0.29) is 23.1 Å². The molecule has 78 valence electrons. The van der Waals surface area contributed by atoms with Gasteiger partial charge in [0.1, 0.15) is 12.5 Å². The average Bonchev–Trinajstić information content (AvgIpc) is 2.20. The maximum absolute atomic E-state index is 13.4. The molecule has 3 nitrogen and oxygen atoms in total. The van der Waals surface area contributed by atoms with E-state index < -0.39 is 0 Å². The van der Waals surface area contributed by atoms with E-state index in [0.717, 1.165) is 0 Å². The Morgan fingerprint density at radius 2 is 2.00 bits per heavy atom. The first-order valence-electron chi connectivity index (χ1n) is 4.14. The highest BCUT2D eigenvalue weighted by molar-refractivity contribution is 6.73. The first-order valence-corrected chi connectivity index (χ1v) is 4.90. The van der Waals surface area contributed by atoms with Crippen molar-refractivity contribution in [2.24, 2.45) is 9.98 Å². The lowest BCUT2D eigenvalue weighted by Gasteiger charge is -2.23. The molecule has 0 unspecified atom stereocenters. The number of amidine groups is 2. The summed E-state index contributed by atoms with van der Waals surface area (Å²) in [5.74, 6) is -0.376. The fourth-order valence-electron chi connectivity index (χ4n) is 1.21. The number of anilines is 1. The third kappa shape index (κ3) is 2.11. The van der Waals surface area contributed by atoms with Crippen LogP contribution in [0.2, 0.25) is 0 Å². The van der Waals surface area contributed by atoms with Gasteiger partial charge in [-0.3, -0.25) is 4.90 Å². The van der Waals surface area contributed by atoms with Gasteiger partial charge in [0.05, 0.1) is 5.69 Å². The molecule has 0 amide bonds. The van der Waals surface area contributed by atoms with E-state index in [1.165, 1.54) is 11.0 Å². The Morgan fingerprint density at radius 1 is 1.27 bits per heavy atom. The summed E-state index contributed by atoms with van der Waals surface area (Å²) in [7, 11) is 0. The van der Waals surface area contributed by atoms with Crippen LogP contribution in [0.4, 0.5) is 10.1 Å². The fraction of sp³-hybridized carbons (Fsp3) is 0.111. The standard InChI is InChI=1S/C9H6Cl2FN3/c10-8-13-5-15(9(11)14-8)7-4-2-1-3-6(7)12/h1-4H,5H2. The number of halogens is 3. The van der Waals surface area contributed by atoms with Gasteiger partial charge in [-0.1, -0.05) is 12.1 Å². The highest BCUT2D eigenvalue weighted by atomic mass is 35.5. The van der Waals surface area contributed by atoms with Crippen LogP contribution in [0, 0.1) is 5.82 Å². The molecule has 0 bridgehead atoms. The van der Waals surface area contributed by atoms with Gasteiger partial charge < -0.3 is 0 Å². The minimum Gasteiger partial charge on any atom is -0.293 e. The summed E-state index contributed by atoms with van der Waals surface area (Å²) in [5, 5.41) is 0.188. The highest BCUT2D eigenvalue weighted by Gasteiger charge is 2.18. The molecule has 0 atom stereocenters. The van der Waals surface area contributed by atoms with Crippen LogP contribution in [-0.4, -0.2) is 17.3 Å². The van der Waals surface area contributed by atoms with Crippen molar-refractivity contribution in [3.05, 3.63) is 30.1 Å². The van der Waals surface area contributed by atoms with Crippen molar-refractivity contribution in [2.45, 2.75) is 0 Å². The van der Waals surface area contributed by atoms with Crippen molar-refractivity contribution in [2.75, 3.05) is 11.6 Å². The van der Waals surface area contributed by atoms with Crippen molar-refractivity contribution in [3.63, 3.8) is 0 Å². The molecule has 0 spiro atoms. The predicted octanol–water partition coefficient (Wildman–Crippen LogP) is 2.79. The molecule has 1 aliphatic heterocycles. The average molecular weight is 246 g/mol. The van der Waals surface area contributed by atoms with Crippen molar-refractivity contribution in [3.8, 4) is 0 Å². The van der Waals surface area contributed by atoms with Gasteiger partial charge >= 0.3 is 0 Å². The van der Waals surface area contributed by atoms with Crippen molar-refractivity contribution < 1.29 is 4.39 Å². The van der Waals surface area contributed by atoms with E-state index in [4.69, 9.17) is 23.2 Å². The molecule has 0 saturated heterocycles. The Kier molecular flexibility index (Phi) is 2.88. The van der Waals surface area contributed by atoms with Crippen molar-refractivity contribution in [1.29, 1.82) is 0 Å². The van der Waals surface area contributed by atoms with Crippen LogP contribution in [0.3, 0.4) is 0 Å². The molecule has 2 rings (SSSR count). The largest absolute Gasteiger partial charge is 0.293 e. The van der Waals surface area contributed by atoms with Crippen molar-refractivity contribution >= 4 is 39.5 Å². The lowest BCUT2D eigenvalue weighted by atomic mass is 10.3. The first kappa shape index (κ1) is 10.4. The molecule has 0 fully saturated rings. The van der Waals surface area contributed by atoms with E-state index in [0.29, 0.717) is 5.69 Å². The maximum atomic E-state index is 13.4. The first-order chi connectivity index (χ1) is 7.18. The number of para-hydroxylation sites is 1. The second kappa shape index (κ2) is 4.16. The van der Waals surface area contributed by atoms with Gasteiger partial charge in [0.15, 0.2) is 0 Å². The van der Waals surface area contributed by atoms with Crippen LogP contribution >= 0.6 is 23.2 Å². The minimum atomic E-state index is -0.376. The monoisotopic (exact) mass is 245 g/mol. The molecule has 6 heteroatoms. The number of nitrogens with zero attached hydrogens (tertiary/aromatic N) is 3. The van der Waals surface area contributed by atoms with Gasteiger partial charge in [0.25, 0.3) is 0 Å². The minimum absolute atomic E-state index is 0.0765. The van der Waals surface area contributed by atoms with E-state index in [9.17, 15) is 4.39 Å². The van der Waals surface area contributed by atoms with Crippen LogP contribution in [0.5, 0.6) is 0 Å². The zero-order chi connectivity index (χ0) is 10.8. The smallest absolute Gasteiger partial charge is 0.222 e. The number of aliphatic imine (C=N–C) groups is 2. The topological polar surface area (TPSA) is 28.0 Å². The summed E-state index contributed by atoms with van der Waals surface area (Å²) in [6.07, 6.45) is 0. The van der Waals surface area contributed by atoms with E-state index in [1.54, 1.807) is 18.2 Å². The van der Waals surface area contributed by atoms with Gasteiger partial charge in [-0.05, 0) is 35.3 Å². The number of hydrogen-bond donors (Lipinski definition) is 0. The summed E-state index contributed by atoms with van der Waals surface area (Å²) in [5.41, 5.74) is 0.333. The van der Waals surface area contributed by atoms with E-state index in [2.05, 4.69) is 9.98 Å². The van der Waals surface area contributed by atoms with Gasteiger partial charge in [-0.25, -0.2) is 9.38 Å². The fourth-order valence-corrected chi connectivity index (χ4v) is 1.61. The van der Waals surface area contributed by atoms with Gasteiger partial charge in [-0.15, -0.1) is 0 Å². The number of benzene rings is 1. The Balaban J connectivity index is 2.35. The third-order valence-electron chi connectivity index (χ3n) is 1.89. The van der Waals surface area contributed by atoms with Crippen LogP contribution in [0.1, 0.15) is 0 Å². The molecule has 0 radical (unpaired) electrons. The van der Waals surface area contributed by atoms with E-state index >= 15 is 0 Å². The molecular weight excluding hydrogens is 240 g/mol. The maximum Gasteiger partial charge on any atom is 0.222 e. The molecule has 0 aliphatic carbocycles. The third-order valence-corrected chi connectivity index (χ3v) is 2.39. The second-order valence-corrected chi connectivity index (χ2v) is 3.50. The molecule has 0 saturated carbocycles. The molecule has 15 heavy (non-hydrogen) atoms. The van der Waals surface area contributed by atoms with Gasteiger partial charge in [0, 0.05) is 0 Å². The second-order valence-electron chi connectivity index (χ2n) is 2.83. The SMILES string of the molecule is Fc1ccccc1N1CN=C(Cl)N=C1Cl. The Hall–Kier alpha value is -1.13. The highest BCUT2D eigenvalue weighted by Crippen LogP contribution is 2.22. The Bertz CT molecular complexity index is 445.